The number of unbranched alkanes of at least 4 members (excludes halogenated alkanes) is 14. The first-order valence-electron chi connectivity index (χ1n) is 13.1. The number of quaternary nitrogens is 1. The maximum Gasteiger partial charge on any atom is 0.0786 e. The summed E-state index contributed by atoms with van der Waals surface area (Å²) in [7, 11) is 0. The van der Waals surface area contributed by atoms with Crippen molar-refractivity contribution in [2.45, 2.75) is 143 Å². The van der Waals surface area contributed by atoms with Crippen LogP contribution in [-0.2, 0) is 0 Å². The highest BCUT2D eigenvalue weighted by Gasteiger charge is 2.24. The molecule has 0 spiro atoms. The molecule has 0 aromatic rings. The first-order valence-corrected chi connectivity index (χ1v) is 13.1. The normalized spacial score (nSPS) is 11.6. The van der Waals surface area contributed by atoms with Crippen molar-refractivity contribution in [2.24, 2.45) is 0 Å². The summed E-state index contributed by atoms with van der Waals surface area (Å²) in [6.45, 7) is 15.1. The molecule has 0 aromatic carbocycles. The topological polar surface area (TPSA) is 30.0 Å². The number of nitrogens with zero attached hydrogens (tertiary/aromatic N) is 1. The number of rotatable bonds is 22. The first-order chi connectivity index (χ1) is 13.2. The smallest absolute Gasteiger partial charge is 0.0786 e. The lowest BCUT2D eigenvalue weighted by Crippen LogP contribution is -2.50. The van der Waals surface area contributed by atoms with Gasteiger partial charge in [-0.05, 0) is 38.5 Å². The van der Waals surface area contributed by atoms with Crippen LogP contribution in [0.1, 0.15) is 143 Å². The molecule has 0 aliphatic rings. The van der Waals surface area contributed by atoms with Crippen molar-refractivity contribution in [3.63, 3.8) is 0 Å². The second kappa shape index (κ2) is 23.2. The Labute approximate surface area is 179 Å². The van der Waals surface area contributed by atoms with Crippen molar-refractivity contribution < 1.29 is 9.96 Å². The molecule has 0 amide bonds. The quantitative estimate of drug-likeness (QED) is 0.132. The monoisotopic (exact) mass is 399 g/mol. The lowest BCUT2D eigenvalue weighted by atomic mass is 10.1. The third kappa shape index (κ3) is 18.0. The molecular weight excluding hydrogens is 342 g/mol. The Morgan fingerprint density at radius 3 is 0.893 bits per heavy atom. The molecule has 0 heterocycles. The fraction of sp³-hybridized carbons (Fsp3) is 1.00. The predicted octanol–water partition coefficient (Wildman–Crippen LogP) is 8.73. The Hall–Kier alpha value is -0.0800. The maximum absolute atomic E-state index is 2.39. The molecule has 28 heavy (non-hydrogen) atoms. The van der Waals surface area contributed by atoms with Crippen molar-refractivity contribution in [1.29, 1.82) is 0 Å². The van der Waals surface area contributed by atoms with E-state index in [2.05, 4.69) is 27.7 Å². The highest BCUT2D eigenvalue weighted by Crippen LogP contribution is 2.18. The summed E-state index contributed by atoms with van der Waals surface area (Å²) in [6.07, 6.45) is 25.9. The lowest BCUT2D eigenvalue weighted by molar-refractivity contribution is -0.928. The first kappa shape index (κ1) is 30.1. The molecule has 0 atom stereocenters. The van der Waals surface area contributed by atoms with E-state index in [0.29, 0.717) is 0 Å². The zero-order chi connectivity index (χ0) is 20.1. The van der Waals surface area contributed by atoms with Gasteiger partial charge in [0.25, 0.3) is 0 Å². The number of hydrogen-bond donors (Lipinski definition) is 0. The van der Waals surface area contributed by atoms with Gasteiger partial charge >= 0.3 is 0 Å². The van der Waals surface area contributed by atoms with Crippen LogP contribution in [-0.4, -0.2) is 36.1 Å². The van der Waals surface area contributed by atoms with Gasteiger partial charge in [-0.25, -0.2) is 0 Å². The van der Waals surface area contributed by atoms with E-state index >= 15 is 0 Å². The molecule has 0 fully saturated rings. The van der Waals surface area contributed by atoms with Crippen molar-refractivity contribution in [3.05, 3.63) is 0 Å². The van der Waals surface area contributed by atoms with Gasteiger partial charge in [-0.15, -0.1) is 0 Å². The summed E-state index contributed by atoms with van der Waals surface area (Å²) >= 11 is 0. The predicted molar refractivity (Wildman–Crippen MR) is 127 cm³/mol. The third-order valence-electron chi connectivity index (χ3n) is 6.37. The summed E-state index contributed by atoms with van der Waals surface area (Å²) in [5.41, 5.74) is 0. The molecule has 0 radical (unpaired) electrons. The van der Waals surface area contributed by atoms with Crippen LogP contribution in [0.5, 0.6) is 0 Å². The van der Waals surface area contributed by atoms with Gasteiger partial charge in [0.05, 0.1) is 26.2 Å². The highest BCUT2D eigenvalue weighted by atomic mass is 16.0. The van der Waals surface area contributed by atoms with Crippen LogP contribution in [0.15, 0.2) is 0 Å². The van der Waals surface area contributed by atoms with Crippen molar-refractivity contribution in [3.8, 4) is 0 Å². The second-order valence-electron chi connectivity index (χ2n) is 9.19. The average Bonchev–Trinajstić information content (AvgIpc) is 2.66. The SMILES string of the molecule is CCCCCCCCCC[N+](CCC)(CCC)CCCCCCCCCC.[OH-]. The van der Waals surface area contributed by atoms with Gasteiger partial charge in [0.15, 0.2) is 0 Å². The Morgan fingerprint density at radius 1 is 0.321 bits per heavy atom. The minimum Gasteiger partial charge on any atom is -0.870 e. The summed E-state index contributed by atoms with van der Waals surface area (Å²) in [5.74, 6) is 0. The van der Waals surface area contributed by atoms with Crippen LogP contribution in [0.25, 0.3) is 0 Å². The molecule has 0 aliphatic heterocycles. The largest absolute Gasteiger partial charge is 0.870 e. The van der Waals surface area contributed by atoms with E-state index in [-0.39, 0.29) is 5.48 Å². The van der Waals surface area contributed by atoms with Crippen LogP contribution in [0.2, 0.25) is 0 Å². The molecule has 0 bridgehead atoms. The van der Waals surface area contributed by atoms with E-state index < -0.39 is 0 Å². The molecule has 0 aliphatic carbocycles. The lowest BCUT2D eigenvalue weighted by Gasteiger charge is -2.39. The van der Waals surface area contributed by atoms with Crippen molar-refractivity contribution in [2.75, 3.05) is 26.2 Å². The summed E-state index contributed by atoms with van der Waals surface area (Å²) < 4.78 is 1.43. The highest BCUT2D eigenvalue weighted by molar-refractivity contribution is 4.52. The summed E-state index contributed by atoms with van der Waals surface area (Å²) in [4.78, 5) is 0. The van der Waals surface area contributed by atoms with E-state index in [1.54, 1.807) is 0 Å². The van der Waals surface area contributed by atoms with Gasteiger partial charge in [0.1, 0.15) is 0 Å². The van der Waals surface area contributed by atoms with Crippen LogP contribution in [0.4, 0.5) is 0 Å². The van der Waals surface area contributed by atoms with E-state index in [9.17, 15) is 0 Å². The van der Waals surface area contributed by atoms with Crippen LogP contribution in [0.3, 0.4) is 0 Å². The van der Waals surface area contributed by atoms with E-state index in [1.165, 1.54) is 146 Å². The van der Waals surface area contributed by atoms with Crippen LogP contribution < -0.4 is 0 Å². The summed E-state index contributed by atoms with van der Waals surface area (Å²) in [6, 6.07) is 0. The molecule has 2 heteroatoms. The molecule has 0 unspecified atom stereocenters. The molecule has 0 saturated heterocycles. The second-order valence-corrected chi connectivity index (χ2v) is 9.19. The number of hydrogen-bond acceptors (Lipinski definition) is 1. The molecular formula is C26H57NO. The fourth-order valence-corrected chi connectivity index (χ4v) is 4.78. The molecule has 0 aromatic heterocycles. The molecule has 2 nitrogen and oxygen atoms in total. The maximum atomic E-state index is 2.39. The average molecular weight is 400 g/mol. The van der Waals surface area contributed by atoms with Crippen LogP contribution in [0, 0.1) is 0 Å². The molecule has 0 saturated carbocycles. The van der Waals surface area contributed by atoms with Gasteiger partial charge < -0.3 is 9.96 Å². The standard InChI is InChI=1S/C26H56N.H2O/c1-5-9-11-13-15-17-19-21-25-27(23-7-3,24-8-4)26-22-20-18-16-14-12-10-6-2;/h5-26H2,1-4H3;1H2/q+1;/p-1. The minimum absolute atomic E-state index is 0. The third-order valence-corrected chi connectivity index (χ3v) is 6.37. The Morgan fingerprint density at radius 2 is 0.607 bits per heavy atom. The Bertz CT molecular complexity index is 252. The Balaban J connectivity index is 0. The van der Waals surface area contributed by atoms with Crippen molar-refractivity contribution in [1.82, 2.24) is 0 Å². The zero-order valence-corrected chi connectivity index (χ0v) is 20.5. The van der Waals surface area contributed by atoms with Gasteiger partial charge in [0, 0.05) is 0 Å². The minimum atomic E-state index is 0. The van der Waals surface area contributed by atoms with E-state index in [0.717, 1.165) is 0 Å². The van der Waals surface area contributed by atoms with Gasteiger partial charge in [-0.1, -0.05) is 105 Å². The molecule has 172 valence electrons. The molecule has 0 rings (SSSR count). The zero-order valence-electron chi connectivity index (χ0n) is 20.5. The van der Waals surface area contributed by atoms with Gasteiger partial charge in [-0.3, -0.25) is 0 Å². The Kier molecular flexibility index (Phi) is 25.0. The van der Waals surface area contributed by atoms with Gasteiger partial charge in [0.2, 0.25) is 0 Å². The van der Waals surface area contributed by atoms with Crippen molar-refractivity contribution >= 4 is 0 Å². The van der Waals surface area contributed by atoms with E-state index in [1.807, 2.05) is 0 Å². The van der Waals surface area contributed by atoms with E-state index in [4.69, 9.17) is 0 Å². The summed E-state index contributed by atoms with van der Waals surface area (Å²) in [5, 5.41) is 0. The van der Waals surface area contributed by atoms with Gasteiger partial charge in [-0.2, -0.15) is 0 Å². The molecule has 1 N–H and O–H groups in total. The fourth-order valence-electron chi connectivity index (χ4n) is 4.78. The van der Waals surface area contributed by atoms with Crippen LogP contribution >= 0.6 is 0 Å².